The smallest absolute Gasteiger partial charge is 0.0470 e. The zero-order chi connectivity index (χ0) is 11.2. The van der Waals surface area contributed by atoms with Gasteiger partial charge in [0.25, 0.3) is 0 Å². The van der Waals surface area contributed by atoms with Crippen LogP contribution in [-0.4, -0.2) is 4.57 Å². The highest BCUT2D eigenvalue weighted by Crippen LogP contribution is 2.08. The fraction of sp³-hybridized carbons (Fsp3) is 0.333. The lowest BCUT2D eigenvalue weighted by molar-refractivity contribution is 0.776. The van der Waals surface area contributed by atoms with Gasteiger partial charge in [-0.15, -0.1) is 0 Å². The van der Waals surface area contributed by atoms with Gasteiger partial charge >= 0.3 is 0 Å². The van der Waals surface area contributed by atoms with E-state index in [1.807, 2.05) is 0 Å². The second-order valence-electron chi connectivity index (χ2n) is 4.28. The lowest BCUT2D eigenvalue weighted by Crippen LogP contribution is -1.95. The lowest BCUT2D eigenvalue weighted by Gasteiger charge is -2.02. The van der Waals surface area contributed by atoms with Crippen molar-refractivity contribution in [3.05, 3.63) is 59.9 Å². The first-order valence-corrected chi connectivity index (χ1v) is 6.07. The molecule has 16 heavy (non-hydrogen) atoms. The van der Waals surface area contributed by atoms with Gasteiger partial charge in [-0.3, -0.25) is 0 Å². The van der Waals surface area contributed by atoms with Crippen molar-refractivity contribution in [2.45, 2.75) is 32.7 Å². The molecule has 0 unspecified atom stereocenters. The van der Waals surface area contributed by atoms with E-state index in [0.29, 0.717) is 0 Å². The Balaban J connectivity index is 1.97. The highest BCUT2D eigenvalue weighted by Gasteiger charge is 1.97. The second-order valence-corrected chi connectivity index (χ2v) is 4.28. The van der Waals surface area contributed by atoms with Crippen LogP contribution in [0.15, 0.2) is 48.8 Å². The molecular formula is C15H19N. The zero-order valence-corrected chi connectivity index (χ0v) is 9.89. The molecule has 1 nitrogen and oxygen atoms in total. The van der Waals surface area contributed by atoms with Gasteiger partial charge in [0, 0.05) is 18.9 Å². The van der Waals surface area contributed by atoms with Gasteiger partial charge in [0.05, 0.1) is 0 Å². The highest BCUT2D eigenvalue weighted by atomic mass is 14.9. The predicted molar refractivity (Wildman–Crippen MR) is 68.6 cm³/mol. The van der Waals surface area contributed by atoms with Crippen LogP contribution in [0.2, 0.25) is 0 Å². The zero-order valence-electron chi connectivity index (χ0n) is 9.89. The van der Waals surface area contributed by atoms with Crippen LogP contribution in [0, 0.1) is 0 Å². The minimum atomic E-state index is 0.979. The second kappa shape index (κ2) is 5.55. The van der Waals surface area contributed by atoms with Crippen molar-refractivity contribution in [3.63, 3.8) is 0 Å². The molecular weight excluding hydrogens is 194 g/mol. The average molecular weight is 213 g/mol. The van der Waals surface area contributed by atoms with Crippen LogP contribution in [0.5, 0.6) is 0 Å². The summed E-state index contributed by atoms with van der Waals surface area (Å²) in [5, 5.41) is 0. The molecule has 0 radical (unpaired) electrons. The molecule has 1 aromatic carbocycles. The van der Waals surface area contributed by atoms with Crippen LogP contribution in [0.3, 0.4) is 0 Å². The minimum Gasteiger partial charge on any atom is -0.350 e. The monoisotopic (exact) mass is 213 g/mol. The van der Waals surface area contributed by atoms with Crippen molar-refractivity contribution in [2.24, 2.45) is 0 Å². The summed E-state index contributed by atoms with van der Waals surface area (Å²) >= 11 is 0. The molecule has 0 amide bonds. The number of aromatic nitrogens is 1. The van der Waals surface area contributed by atoms with Gasteiger partial charge in [-0.2, -0.15) is 0 Å². The molecule has 0 aliphatic carbocycles. The van der Waals surface area contributed by atoms with Gasteiger partial charge in [0.15, 0.2) is 0 Å². The number of rotatable bonds is 5. The van der Waals surface area contributed by atoms with Crippen LogP contribution in [0.1, 0.15) is 30.9 Å². The third-order valence-corrected chi connectivity index (χ3v) is 2.84. The van der Waals surface area contributed by atoms with Gasteiger partial charge in [0.2, 0.25) is 0 Å². The Labute approximate surface area is 97.7 Å². The minimum absolute atomic E-state index is 0.979. The maximum Gasteiger partial charge on any atom is 0.0470 e. The molecule has 84 valence electrons. The van der Waals surface area contributed by atoms with Crippen molar-refractivity contribution < 1.29 is 0 Å². The molecule has 0 saturated heterocycles. The molecule has 0 spiro atoms. The van der Waals surface area contributed by atoms with Crippen molar-refractivity contribution >= 4 is 0 Å². The van der Waals surface area contributed by atoms with Crippen LogP contribution in [0.4, 0.5) is 0 Å². The molecule has 0 fully saturated rings. The van der Waals surface area contributed by atoms with Crippen LogP contribution < -0.4 is 0 Å². The Morgan fingerprint density at radius 1 is 1.00 bits per heavy atom. The van der Waals surface area contributed by atoms with Gasteiger partial charge in [-0.25, -0.2) is 0 Å². The van der Waals surface area contributed by atoms with E-state index in [-0.39, 0.29) is 0 Å². The van der Waals surface area contributed by atoms with Gasteiger partial charge in [-0.1, -0.05) is 43.7 Å². The van der Waals surface area contributed by atoms with Crippen LogP contribution in [-0.2, 0) is 13.0 Å². The molecule has 1 heterocycles. The topological polar surface area (TPSA) is 4.93 Å². The number of aryl methyl sites for hydroxylation is 1. The highest BCUT2D eigenvalue weighted by molar-refractivity contribution is 5.17. The molecule has 1 aromatic heterocycles. The average Bonchev–Trinajstić information content (AvgIpc) is 2.75. The van der Waals surface area contributed by atoms with E-state index in [0.717, 1.165) is 6.54 Å². The summed E-state index contributed by atoms with van der Waals surface area (Å²) in [7, 11) is 0. The number of hydrogen-bond acceptors (Lipinski definition) is 0. The van der Waals surface area contributed by atoms with E-state index < -0.39 is 0 Å². The molecule has 0 N–H and O–H groups in total. The van der Waals surface area contributed by atoms with Crippen molar-refractivity contribution in [2.75, 3.05) is 0 Å². The SMILES string of the molecule is CCCCc1ccn(Cc2ccccc2)c1. The number of unbranched alkanes of at least 4 members (excludes halogenated alkanes) is 1. The quantitative estimate of drug-likeness (QED) is 0.710. The molecule has 0 aliphatic heterocycles. The summed E-state index contributed by atoms with van der Waals surface area (Å²) in [6, 6.07) is 12.8. The van der Waals surface area contributed by atoms with Crippen molar-refractivity contribution in [3.8, 4) is 0 Å². The predicted octanol–water partition coefficient (Wildman–Crippen LogP) is 3.88. The molecule has 2 rings (SSSR count). The summed E-state index contributed by atoms with van der Waals surface area (Å²) in [6.07, 6.45) is 8.21. The molecule has 1 heteroatoms. The van der Waals surface area contributed by atoms with Gasteiger partial charge in [0.1, 0.15) is 0 Å². The number of benzene rings is 1. The van der Waals surface area contributed by atoms with Crippen LogP contribution >= 0.6 is 0 Å². The first-order valence-electron chi connectivity index (χ1n) is 6.07. The van der Waals surface area contributed by atoms with Gasteiger partial charge < -0.3 is 4.57 Å². The first-order chi connectivity index (χ1) is 7.88. The van der Waals surface area contributed by atoms with E-state index in [9.17, 15) is 0 Å². The summed E-state index contributed by atoms with van der Waals surface area (Å²) in [4.78, 5) is 0. The standard InChI is InChI=1S/C15H19N/c1-2-3-7-15-10-11-16(13-15)12-14-8-5-4-6-9-14/h4-6,8-11,13H,2-3,7,12H2,1H3. The fourth-order valence-electron chi connectivity index (χ4n) is 1.91. The summed E-state index contributed by atoms with van der Waals surface area (Å²) in [5.74, 6) is 0. The third kappa shape index (κ3) is 2.99. The third-order valence-electron chi connectivity index (χ3n) is 2.84. The Morgan fingerprint density at radius 3 is 2.56 bits per heavy atom. The first kappa shape index (κ1) is 11.0. The Hall–Kier alpha value is -1.50. The van der Waals surface area contributed by atoms with Gasteiger partial charge in [-0.05, 0) is 30.0 Å². The lowest BCUT2D eigenvalue weighted by atomic mass is 10.1. The van der Waals surface area contributed by atoms with E-state index in [1.165, 1.54) is 30.4 Å². The largest absolute Gasteiger partial charge is 0.350 e. The fourth-order valence-corrected chi connectivity index (χ4v) is 1.91. The number of nitrogens with zero attached hydrogens (tertiary/aromatic N) is 1. The van der Waals surface area contributed by atoms with E-state index >= 15 is 0 Å². The van der Waals surface area contributed by atoms with Crippen molar-refractivity contribution in [1.29, 1.82) is 0 Å². The molecule has 0 saturated carbocycles. The van der Waals surface area contributed by atoms with E-state index in [4.69, 9.17) is 0 Å². The van der Waals surface area contributed by atoms with E-state index in [1.54, 1.807) is 0 Å². The summed E-state index contributed by atoms with van der Waals surface area (Å²) in [6.45, 7) is 3.22. The Kier molecular flexibility index (Phi) is 3.81. The molecule has 0 aliphatic rings. The molecule has 2 aromatic rings. The normalized spacial score (nSPS) is 10.6. The Morgan fingerprint density at radius 2 is 1.81 bits per heavy atom. The van der Waals surface area contributed by atoms with E-state index in [2.05, 4.69) is 60.3 Å². The Bertz CT molecular complexity index is 414. The van der Waals surface area contributed by atoms with Crippen LogP contribution in [0.25, 0.3) is 0 Å². The number of hydrogen-bond donors (Lipinski definition) is 0. The van der Waals surface area contributed by atoms with Crippen molar-refractivity contribution in [1.82, 2.24) is 4.57 Å². The summed E-state index contributed by atoms with van der Waals surface area (Å²) < 4.78 is 2.26. The maximum atomic E-state index is 2.27. The summed E-state index contributed by atoms with van der Waals surface area (Å²) in [5.41, 5.74) is 2.82. The molecule has 0 bridgehead atoms. The maximum absolute atomic E-state index is 2.27. The molecule has 0 atom stereocenters.